The maximum Gasteiger partial charge on any atom is 0.255 e. The molecular weight excluding hydrogens is 244 g/mol. The third-order valence-electron chi connectivity index (χ3n) is 2.73. The number of anilines is 2. The lowest BCUT2D eigenvalue weighted by Gasteiger charge is -2.12. The second-order valence-electron chi connectivity index (χ2n) is 4.11. The Hall–Kier alpha value is -2.37. The molecule has 0 aromatic heterocycles. The van der Waals surface area contributed by atoms with E-state index in [4.69, 9.17) is 10.4 Å². The normalized spacial score (nSPS) is 10.1. The standard InChI is InChI=1S/C14H14N2O3/c1-10-9-12(16(18)19)7-8-13(10)15-14(17)11-5-3-2-4-6-11/h2-9,18-19H,1H3,(H,15,17). The maximum atomic E-state index is 12.0. The van der Waals surface area contributed by atoms with Crippen LogP contribution in [0.4, 0.5) is 11.4 Å². The van der Waals surface area contributed by atoms with Gasteiger partial charge in [0.2, 0.25) is 0 Å². The minimum atomic E-state index is -0.207. The molecule has 2 aromatic rings. The van der Waals surface area contributed by atoms with E-state index in [-0.39, 0.29) is 16.8 Å². The molecule has 1 amide bonds. The molecule has 0 spiro atoms. The molecule has 0 saturated heterocycles. The molecule has 0 unspecified atom stereocenters. The second kappa shape index (κ2) is 5.51. The second-order valence-corrected chi connectivity index (χ2v) is 4.11. The van der Waals surface area contributed by atoms with E-state index in [1.807, 2.05) is 6.07 Å². The average molecular weight is 258 g/mol. The van der Waals surface area contributed by atoms with Gasteiger partial charge in [-0.15, -0.1) is 5.23 Å². The van der Waals surface area contributed by atoms with Crippen molar-refractivity contribution in [2.75, 3.05) is 10.5 Å². The summed E-state index contributed by atoms with van der Waals surface area (Å²) in [4.78, 5) is 12.0. The molecular formula is C14H14N2O3. The fourth-order valence-electron chi connectivity index (χ4n) is 1.70. The summed E-state index contributed by atoms with van der Waals surface area (Å²) in [5.41, 5.74) is 2.15. The number of rotatable bonds is 3. The highest BCUT2D eigenvalue weighted by molar-refractivity contribution is 6.04. The maximum absolute atomic E-state index is 12.0. The predicted molar refractivity (Wildman–Crippen MR) is 71.6 cm³/mol. The topological polar surface area (TPSA) is 72.8 Å². The van der Waals surface area contributed by atoms with Crippen LogP contribution >= 0.6 is 0 Å². The number of nitrogens with one attached hydrogen (secondary N) is 1. The van der Waals surface area contributed by atoms with Crippen LogP contribution in [0.15, 0.2) is 48.5 Å². The Labute approximate surface area is 110 Å². The highest BCUT2D eigenvalue weighted by Gasteiger charge is 2.08. The van der Waals surface area contributed by atoms with Crippen molar-refractivity contribution in [3.63, 3.8) is 0 Å². The van der Waals surface area contributed by atoms with Gasteiger partial charge < -0.3 is 5.32 Å². The van der Waals surface area contributed by atoms with Gasteiger partial charge in [0.25, 0.3) is 5.91 Å². The smallest absolute Gasteiger partial charge is 0.255 e. The Morgan fingerprint density at radius 2 is 1.79 bits per heavy atom. The van der Waals surface area contributed by atoms with Crippen molar-refractivity contribution in [3.05, 3.63) is 59.7 Å². The van der Waals surface area contributed by atoms with Crippen LogP contribution in [-0.2, 0) is 0 Å². The van der Waals surface area contributed by atoms with Gasteiger partial charge in [0.1, 0.15) is 0 Å². The summed E-state index contributed by atoms with van der Waals surface area (Å²) in [5, 5.41) is 20.6. The number of carbonyl (C=O) groups excluding carboxylic acids is 1. The van der Waals surface area contributed by atoms with Crippen LogP contribution in [0, 0.1) is 6.92 Å². The molecule has 0 aliphatic carbocycles. The fraction of sp³-hybridized carbons (Fsp3) is 0.0714. The highest BCUT2D eigenvalue weighted by atomic mass is 16.8. The number of hydrogen-bond acceptors (Lipinski definition) is 4. The Kier molecular flexibility index (Phi) is 3.79. The molecule has 98 valence electrons. The third-order valence-corrected chi connectivity index (χ3v) is 2.73. The van der Waals surface area contributed by atoms with E-state index in [2.05, 4.69) is 5.32 Å². The van der Waals surface area contributed by atoms with Crippen molar-refractivity contribution in [2.45, 2.75) is 6.92 Å². The van der Waals surface area contributed by atoms with Gasteiger partial charge in [-0.3, -0.25) is 15.2 Å². The van der Waals surface area contributed by atoms with E-state index in [0.29, 0.717) is 11.3 Å². The number of carbonyl (C=O) groups is 1. The number of amides is 1. The molecule has 0 radical (unpaired) electrons. The van der Waals surface area contributed by atoms with Crippen LogP contribution < -0.4 is 10.5 Å². The number of nitrogens with zero attached hydrogens (tertiary/aromatic N) is 1. The number of benzene rings is 2. The fourth-order valence-corrected chi connectivity index (χ4v) is 1.70. The Morgan fingerprint density at radius 3 is 2.37 bits per heavy atom. The molecule has 0 bridgehead atoms. The van der Waals surface area contributed by atoms with Gasteiger partial charge in [-0.25, -0.2) is 0 Å². The van der Waals surface area contributed by atoms with Gasteiger partial charge in [0, 0.05) is 11.3 Å². The van der Waals surface area contributed by atoms with Crippen LogP contribution in [0.3, 0.4) is 0 Å². The van der Waals surface area contributed by atoms with Crippen molar-refractivity contribution in [1.82, 2.24) is 0 Å². The largest absolute Gasteiger partial charge is 0.322 e. The van der Waals surface area contributed by atoms with Gasteiger partial charge in [-0.2, -0.15) is 0 Å². The van der Waals surface area contributed by atoms with E-state index in [9.17, 15) is 4.79 Å². The third kappa shape index (κ3) is 3.09. The summed E-state index contributed by atoms with van der Waals surface area (Å²) in [6.45, 7) is 1.77. The van der Waals surface area contributed by atoms with Gasteiger partial charge in [-0.1, -0.05) is 18.2 Å². The van der Waals surface area contributed by atoms with Crippen molar-refractivity contribution >= 4 is 17.3 Å². The SMILES string of the molecule is Cc1cc(N(O)O)ccc1NC(=O)c1ccccc1. The van der Waals surface area contributed by atoms with E-state index < -0.39 is 0 Å². The Bertz CT molecular complexity index is 582. The van der Waals surface area contributed by atoms with Crippen LogP contribution in [0.2, 0.25) is 0 Å². The van der Waals surface area contributed by atoms with Crippen molar-refractivity contribution in [3.8, 4) is 0 Å². The van der Waals surface area contributed by atoms with Gasteiger partial charge in [-0.05, 0) is 42.8 Å². The van der Waals surface area contributed by atoms with Crippen LogP contribution in [0.5, 0.6) is 0 Å². The van der Waals surface area contributed by atoms with Crippen molar-refractivity contribution in [2.24, 2.45) is 0 Å². The van der Waals surface area contributed by atoms with Gasteiger partial charge in [0.15, 0.2) is 0 Å². The lowest BCUT2D eigenvalue weighted by molar-refractivity contribution is 0.0291. The molecule has 0 fully saturated rings. The van der Waals surface area contributed by atoms with E-state index in [1.165, 1.54) is 6.07 Å². The summed E-state index contributed by atoms with van der Waals surface area (Å²) in [5.74, 6) is -0.207. The van der Waals surface area contributed by atoms with Crippen LogP contribution in [-0.4, -0.2) is 16.3 Å². The summed E-state index contributed by atoms with van der Waals surface area (Å²) in [7, 11) is 0. The molecule has 2 aromatic carbocycles. The first kappa shape index (κ1) is 13.1. The van der Waals surface area contributed by atoms with Gasteiger partial charge in [0.05, 0.1) is 5.69 Å². The van der Waals surface area contributed by atoms with Gasteiger partial charge >= 0.3 is 0 Å². The van der Waals surface area contributed by atoms with E-state index >= 15 is 0 Å². The zero-order valence-corrected chi connectivity index (χ0v) is 10.4. The summed E-state index contributed by atoms with van der Waals surface area (Å²) in [6.07, 6.45) is 0. The molecule has 19 heavy (non-hydrogen) atoms. The number of aryl methyl sites for hydroxylation is 1. The first-order chi connectivity index (χ1) is 9.08. The quantitative estimate of drug-likeness (QED) is 0.740. The van der Waals surface area contributed by atoms with Crippen LogP contribution in [0.1, 0.15) is 15.9 Å². The zero-order chi connectivity index (χ0) is 13.8. The summed E-state index contributed by atoms with van der Waals surface area (Å²) < 4.78 is 0. The molecule has 0 aliphatic rings. The lowest BCUT2D eigenvalue weighted by Crippen LogP contribution is -2.14. The Balaban J connectivity index is 2.18. The number of hydrogen-bond donors (Lipinski definition) is 3. The summed E-state index contributed by atoms with van der Waals surface area (Å²) >= 11 is 0. The molecule has 0 saturated carbocycles. The molecule has 0 heterocycles. The minimum absolute atomic E-state index is 0.0375. The van der Waals surface area contributed by atoms with E-state index in [1.54, 1.807) is 43.3 Å². The highest BCUT2D eigenvalue weighted by Crippen LogP contribution is 2.21. The molecule has 0 aliphatic heterocycles. The first-order valence-electron chi connectivity index (χ1n) is 5.73. The lowest BCUT2D eigenvalue weighted by atomic mass is 10.1. The Morgan fingerprint density at radius 1 is 1.11 bits per heavy atom. The first-order valence-corrected chi connectivity index (χ1v) is 5.73. The summed E-state index contributed by atoms with van der Waals surface area (Å²) in [6, 6.07) is 13.5. The monoisotopic (exact) mass is 258 g/mol. The molecule has 0 atom stereocenters. The van der Waals surface area contributed by atoms with Crippen molar-refractivity contribution in [1.29, 1.82) is 0 Å². The zero-order valence-electron chi connectivity index (χ0n) is 10.4. The van der Waals surface area contributed by atoms with Crippen molar-refractivity contribution < 1.29 is 15.2 Å². The minimum Gasteiger partial charge on any atom is -0.322 e. The average Bonchev–Trinajstić information content (AvgIpc) is 2.41. The molecule has 2 rings (SSSR count). The molecule has 3 N–H and O–H groups in total. The van der Waals surface area contributed by atoms with Crippen LogP contribution in [0.25, 0.3) is 0 Å². The molecule has 5 heteroatoms. The molecule has 5 nitrogen and oxygen atoms in total. The van der Waals surface area contributed by atoms with E-state index in [0.717, 1.165) is 5.56 Å². The predicted octanol–water partition coefficient (Wildman–Crippen LogP) is 2.83.